The van der Waals surface area contributed by atoms with Gasteiger partial charge in [0.1, 0.15) is 11.6 Å². The molecule has 0 heterocycles. The summed E-state index contributed by atoms with van der Waals surface area (Å²) in [6.07, 6.45) is 0. The molecule has 0 aromatic heterocycles. The lowest BCUT2D eigenvalue weighted by molar-refractivity contribution is -0.156. The monoisotopic (exact) mass is 341 g/mol. The number of carbonyl (C=O) groups excluding carboxylic acids is 2. The molecule has 0 spiro atoms. The van der Waals surface area contributed by atoms with Crippen molar-refractivity contribution in [1.82, 2.24) is 5.32 Å². The van der Waals surface area contributed by atoms with E-state index in [0.29, 0.717) is 5.56 Å². The van der Waals surface area contributed by atoms with Crippen LogP contribution in [0.25, 0.3) is 0 Å². The highest BCUT2D eigenvalue weighted by molar-refractivity contribution is 9.10. The number of halogens is 1. The standard InChI is InChI=1S/C15H20BrNO3/c1-9-11(7-6-8-12(9)16)13(18)17-10(2)14(19)20-15(3,4)5/h6-8,10H,1-5H3,(H,17,18)/t10-/m0/s1. The second-order valence-corrected chi connectivity index (χ2v) is 6.50. The summed E-state index contributed by atoms with van der Waals surface area (Å²) in [4.78, 5) is 24.0. The van der Waals surface area contributed by atoms with Crippen LogP contribution >= 0.6 is 15.9 Å². The zero-order chi connectivity index (χ0) is 15.5. The highest BCUT2D eigenvalue weighted by atomic mass is 79.9. The molecule has 0 aliphatic heterocycles. The van der Waals surface area contributed by atoms with Crippen molar-refractivity contribution in [3.63, 3.8) is 0 Å². The van der Waals surface area contributed by atoms with Crippen molar-refractivity contribution in [3.05, 3.63) is 33.8 Å². The van der Waals surface area contributed by atoms with Crippen molar-refractivity contribution < 1.29 is 14.3 Å². The molecule has 1 amide bonds. The number of rotatable bonds is 3. The van der Waals surface area contributed by atoms with Crippen LogP contribution in [0.3, 0.4) is 0 Å². The number of amides is 1. The smallest absolute Gasteiger partial charge is 0.328 e. The molecule has 0 aliphatic rings. The topological polar surface area (TPSA) is 55.4 Å². The molecular weight excluding hydrogens is 322 g/mol. The zero-order valence-corrected chi connectivity index (χ0v) is 14.0. The van der Waals surface area contributed by atoms with Gasteiger partial charge in [-0.05, 0) is 52.3 Å². The van der Waals surface area contributed by atoms with Crippen molar-refractivity contribution in [2.45, 2.75) is 46.3 Å². The Morgan fingerprint density at radius 2 is 1.90 bits per heavy atom. The minimum atomic E-state index is -0.694. The van der Waals surface area contributed by atoms with Gasteiger partial charge in [-0.25, -0.2) is 4.79 Å². The van der Waals surface area contributed by atoms with E-state index in [0.717, 1.165) is 10.0 Å². The van der Waals surface area contributed by atoms with Gasteiger partial charge in [0.2, 0.25) is 0 Å². The Balaban J connectivity index is 2.76. The molecule has 0 fully saturated rings. The van der Waals surface area contributed by atoms with E-state index in [-0.39, 0.29) is 5.91 Å². The summed E-state index contributed by atoms with van der Waals surface area (Å²) in [6.45, 7) is 8.82. The Kier molecular flexibility index (Phi) is 5.34. The van der Waals surface area contributed by atoms with Gasteiger partial charge in [-0.2, -0.15) is 0 Å². The van der Waals surface area contributed by atoms with Crippen LogP contribution in [0, 0.1) is 6.92 Å². The molecule has 20 heavy (non-hydrogen) atoms. The van der Waals surface area contributed by atoms with Gasteiger partial charge in [0.05, 0.1) is 0 Å². The van der Waals surface area contributed by atoms with Crippen molar-refractivity contribution in [2.24, 2.45) is 0 Å². The summed E-state index contributed by atoms with van der Waals surface area (Å²) in [5, 5.41) is 2.65. The third-order valence-corrected chi connectivity index (χ3v) is 3.48. The fourth-order valence-electron chi connectivity index (χ4n) is 1.58. The molecule has 4 nitrogen and oxygen atoms in total. The first kappa shape index (κ1) is 16.7. The number of hydrogen-bond acceptors (Lipinski definition) is 3. The normalized spacial score (nSPS) is 12.7. The first-order valence-corrected chi connectivity index (χ1v) is 7.20. The average Bonchev–Trinajstić information content (AvgIpc) is 2.30. The molecule has 1 atom stereocenters. The first-order valence-electron chi connectivity index (χ1n) is 6.40. The molecule has 0 bridgehead atoms. The molecule has 0 aliphatic carbocycles. The summed E-state index contributed by atoms with van der Waals surface area (Å²) in [7, 11) is 0. The second kappa shape index (κ2) is 6.39. The van der Waals surface area contributed by atoms with E-state index in [9.17, 15) is 9.59 Å². The molecule has 1 aromatic carbocycles. The quantitative estimate of drug-likeness (QED) is 0.858. The van der Waals surface area contributed by atoms with Crippen LogP contribution in [0.1, 0.15) is 43.6 Å². The maximum atomic E-state index is 12.2. The van der Waals surface area contributed by atoms with Crippen LogP contribution in [0.2, 0.25) is 0 Å². The number of nitrogens with one attached hydrogen (secondary N) is 1. The zero-order valence-electron chi connectivity index (χ0n) is 12.4. The predicted octanol–water partition coefficient (Wildman–Crippen LogP) is 3.22. The summed E-state index contributed by atoms with van der Waals surface area (Å²) in [6, 6.07) is 4.67. The van der Waals surface area contributed by atoms with E-state index in [4.69, 9.17) is 4.74 Å². The lowest BCUT2D eigenvalue weighted by Crippen LogP contribution is -2.42. The van der Waals surface area contributed by atoms with E-state index >= 15 is 0 Å². The maximum Gasteiger partial charge on any atom is 0.328 e. The summed E-state index contributed by atoms with van der Waals surface area (Å²) >= 11 is 3.38. The molecule has 110 valence electrons. The molecule has 0 unspecified atom stereocenters. The Labute approximate surface area is 128 Å². The van der Waals surface area contributed by atoms with Gasteiger partial charge in [0.15, 0.2) is 0 Å². The Bertz CT molecular complexity index is 520. The summed E-state index contributed by atoms with van der Waals surface area (Å²) < 4.78 is 6.08. The van der Waals surface area contributed by atoms with Crippen LogP contribution in [0.5, 0.6) is 0 Å². The van der Waals surface area contributed by atoms with Crippen LogP contribution in [-0.2, 0) is 9.53 Å². The Hall–Kier alpha value is -1.36. The van der Waals surface area contributed by atoms with Crippen molar-refractivity contribution in [2.75, 3.05) is 0 Å². The number of benzene rings is 1. The highest BCUT2D eigenvalue weighted by Gasteiger charge is 2.23. The molecule has 1 aromatic rings. The summed E-state index contributed by atoms with van der Waals surface area (Å²) in [5.74, 6) is -0.736. The SMILES string of the molecule is Cc1c(Br)cccc1C(=O)N[C@@H](C)C(=O)OC(C)(C)C. The molecule has 1 N–H and O–H groups in total. The average molecular weight is 342 g/mol. The van der Waals surface area contributed by atoms with Gasteiger partial charge in [0.25, 0.3) is 5.91 Å². The van der Waals surface area contributed by atoms with E-state index in [2.05, 4.69) is 21.2 Å². The highest BCUT2D eigenvalue weighted by Crippen LogP contribution is 2.19. The molecule has 1 rings (SSSR count). The maximum absolute atomic E-state index is 12.2. The lowest BCUT2D eigenvalue weighted by atomic mass is 10.1. The fourth-order valence-corrected chi connectivity index (χ4v) is 1.94. The number of hydrogen-bond donors (Lipinski definition) is 1. The van der Waals surface area contributed by atoms with Crippen molar-refractivity contribution >= 4 is 27.8 Å². The summed E-state index contributed by atoms with van der Waals surface area (Å²) in [5.41, 5.74) is 0.804. The van der Waals surface area contributed by atoms with Gasteiger partial charge in [-0.1, -0.05) is 22.0 Å². The predicted molar refractivity (Wildman–Crippen MR) is 81.7 cm³/mol. The van der Waals surface area contributed by atoms with E-state index in [1.54, 1.807) is 39.8 Å². The van der Waals surface area contributed by atoms with Crippen LogP contribution < -0.4 is 5.32 Å². The van der Waals surface area contributed by atoms with Gasteiger partial charge >= 0.3 is 5.97 Å². The molecule has 0 radical (unpaired) electrons. The number of carbonyl (C=O) groups is 2. The van der Waals surface area contributed by atoms with Gasteiger partial charge in [0, 0.05) is 10.0 Å². The lowest BCUT2D eigenvalue weighted by Gasteiger charge is -2.22. The van der Waals surface area contributed by atoms with Crippen LogP contribution in [0.15, 0.2) is 22.7 Å². The molecule has 0 saturated carbocycles. The Morgan fingerprint density at radius 3 is 2.45 bits per heavy atom. The molecule has 5 heteroatoms. The van der Waals surface area contributed by atoms with Crippen molar-refractivity contribution in [1.29, 1.82) is 0 Å². The largest absolute Gasteiger partial charge is 0.458 e. The van der Waals surface area contributed by atoms with Gasteiger partial charge < -0.3 is 10.1 Å². The number of ether oxygens (including phenoxy) is 1. The Morgan fingerprint density at radius 1 is 1.30 bits per heavy atom. The van der Waals surface area contributed by atoms with Crippen LogP contribution in [-0.4, -0.2) is 23.5 Å². The van der Waals surface area contributed by atoms with Gasteiger partial charge in [-0.15, -0.1) is 0 Å². The third-order valence-electron chi connectivity index (χ3n) is 2.62. The third kappa shape index (κ3) is 4.63. The first-order chi connectivity index (χ1) is 9.11. The minimum absolute atomic E-state index is 0.290. The minimum Gasteiger partial charge on any atom is -0.458 e. The van der Waals surface area contributed by atoms with Crippen LogP contribution in [0.4, 0.5) is 0 Å². The van der Waals surface area contributed by atoms with Crippen molar-refractivity contribution in [3.8, 4) is 0 Å². The van der Waals surface area contributed by atoms with E-state index in [1.165, 1.54) is 0 Å². The van der Waals surface area contributed by atoms with Gasteiger partial charge in [-0.3, -0.25) is 4.79 Å². The van der Waals surface area contributed by atoms with E-state index < -0.39 is 17.6 Å². The van der Waals surface area contributed by atoms with E-state index in [1.807, 2.05) is 13.0 Å². The fraction of sp³-hybridized carbons (Fsp3) is 0.467. The second-order valence-electron chi connectivity index (χ2n) is 5.64. The molecular formula is C15H20BrNO3. The molecule has 0 saturated heterocycles. The number of esters is 1.